The number of benzene rings is 1. The standard InChI is InChI=1S/C14H20O3S/c1-14(2,3)18-13(17)8-12(16)11-6-4-10(9-15)5-7-11/h4-7,12,15-16H,8-9H2,1-3H3/t12-/m1/s1. The van der Waals surface area contributed by atoms with Gasteiger partial charge in [-0.1, -0.05) is 56.8 Å². The van der Waals surface area contributed by atoms with E-state index < -0.39 is 6.10 Å². The summed E-state index contributed by atoms with van der Waals surface area (Å²) in [5.74, 6) is 0. The molecule has 0 aliphatic heterocycles. The minimum Gasteiger partial charge on any atom is -0.392 e. The molecule has 0 aliphatic carbocycles. The van der Waals surface area contributed by atoms with Crippen molar-refractivity contribution >= 4 is 16.9 Å². The second-order valence-corrected chi connectivity index (χ2v) is 7.09. The van der Waals surface area contributed by atoms with Crippen molar-refractivity contribution in [2.45, 2.75) is 44.6 Å². The van der Waals surface area contributed by atoms with Crippen LogP contribution in [-0.2, 0) is 11.4 Å². The highest BCUT2D eigenvalue weighted by molar-refractivity contribution is 8.14. The van der Waals surface area contributed by atoms with Crippen LogP contribution < -0.4 is 0 Å². The molecule has 1 aromatic rings. The van der Waals surface area contributed by atoms with Gasteiger partial charge in [0.25, 0.3) is 0 Å². The molecule has 0 aromatic heterocycles. The van der Waals surface area contributed by atoms with Gasteiger partial charge in [0.05, 0.1) is 12.7 Å². The molecule has 0 heterocycles. The van der Waals surface area contributed by atoms with Gasteiger partial charge in [0.15, 0.2) is 5.12 Å². The molecular weight excluding hydrogens is 248 g/mol. The van der Waals surface area contributed by atoms with E-state index in [0.29, 0.717) is 5.56 Å². The summed E-state index contributed by atoms with van der Waals surface area (Å²) in [7, 11) is 0. The van der Waals surface area contributed by atoms with Gasteiger partial charge in [-0.25, -0.2) is 0 Å². The summed E-state index contributed by atoms with van der Waals surface area (Å²) in [6.07, 6.45) is -0.666. The fourth-order valence-electron chi connectivity index (χ4n) is 1.50. The van der Waals surface area contributed by atoms with E-state index in [-0.39, 0.29) is 22.9 Å². The number of carbonyl (C=O) groups excluding carboxylic acids is 1. The highest BCUT2D eigenvalue weighted by Gasteiger charge is 2.20. The maximum absolute atomic E-state index is 11.7. The Balaban J connectivity index is 2.59. The lowest BCUT2D eigenvalue weighted by Crippen LogP contribution is -2.13. The van der Waals surface area contributed by atoms with Gasteiger partial charge >= 0.3 is 0 Å². The summed E-state index contributed by atoms with van der Waals surface area (Å²) in [5, 5.41) is 18.9. The molecular formula is C14H20O3S. The van der Waals surface area contributed by atoms with Crippen molar-refractivity contribution < 1.29 is 15.0 Å². The first-order chi connectivity index (χ1) is 8.31. The van der Waals surface area contributed by atoms with Crippen molar-refractivity contribution in [3.63, 3.8) is 0 Å². The summed E-state index contributed by atoms with van der Waals surface area (Å²) in [5.41, 5.74) is 1.50. The third-order valence-electron chi connectivity index (χ3n) is 2.33. The molecule has 4 heteroatoms. The number of carbonyl (C=O) groups is 1. The maximum atomic E-state index is 11.7. The van der Waals surface area contributed by atoms with Crippen LogP contribution in [0.1, 0.15) is 44.4 Å². The number of aliphatic hydroxyl groups excluding tert-OH is 2. The van der Waals surface area contributed by atoms with Gasteiger partial charge in [0.1, 0.15) is 0 Å². The Labute approximate surface area is 112 Å². The van der Waals surface area contributed by atoms with Gasteiger partial charge in [0, 0.05) is 11.2 Å². The lowest BCUT2D eigenvalue weighted by atomic mass is 10.1. The van der Waals surface area contributed by atoms with Crippen LogP contribution in [0.3, 0.4) is 0 Å². The zero-order valence-corrected chi connectivity index (χ0v) is 11.8. The predicted octanol–water partition coefficient (Wildman–Crippen LogP) is 2.66. The van der Waals surface area contributed by atoms with E-state index in [1.807, 2.05) is 20.8 Å². The summed E-state index contributed by atoms with van der Waals surface area (Å²) in [4.78, 5) is 11.7. The van der Waals surface area contributed by atoms with Gasteiger partial charge < -0.3 is 10.2 Å². The third kappa shape index (κ3) is 5.21. The Morgan fingerprint density at radius 2 is 1.83 bits per heavy atom. The first kappa shape index (κ1) is 15.2. The number of hydrogen-bond donors (Lipinski definition) is 2. The molecule has 0 amide bonds. The average molecular weight is 268 g/mol. The van der Waals surface area contributed by atoms with Crippen LogP contribution in [0.25, 0.3) is 0 Å². The van der Waals surface area contributed by atoms with Crippen molar-refractivity contribution in [2.75, 3.05) is 0 Å². The summed E-state index contributed by atoms with van der Waals surface area (Å²) in [6.45, 7) is 5.89. The van der Waals surface area contributed by atoms with E-state index >= 15 is 0 Å². The van der Waals surface area contributed by atoms with Crippen molar-refractivity contribution in [3.05, 3.63) is 35.4 Å². The fourth-order valence-corrected chi connectivity index (χ4v) is 2.43. The van der Waals surface area contributed by atoms with Crippen LogP contribution in [0, 0.1) is 0 Å². The number of thioether (sulfide) groups is 1. The molecule has 0 saturated heterocycles. The molecule has 0 unspecified atom stereocenters. The summed E-state index contributed by atoms with van der Waals surface area (Å²) < 4.78 is -0.127. The molecule has 3 nitrogen and oxygen atoms in total. The maximum Gasteiger partial charge on any atom is 0.192 e. The molecule has 2 N–H and O–H groups in total. The molecule has 0 spiro atoms. The molecule has 18 heavy (non-hydrogen) atoms. The van der Waals surface area contributed by atoms with Crippen molar-refractivity contribution in [2.24, 2.45) is 0 Å². The van der Waals surface area contributed by atoms with E-state index in [1.165, 1.54) is 11.8 Å². The Hall–Kier alpha value is -0.840. The van der Waals surface area contributed by atoms with E-state index in [1.54, 1.807) is 24.3 Å². The van der Waals surface area contributed by atoms with Crippen LogP contribution in [0.5, 0.6) is 0 Å². The lowest BCUT2D eigenvalue weighted by molar-refractivity contribution is -0.112. The van der Waals surface area contributed by atoms with Crippen molar-refractivity contribution in [1.29, 1.82) is 0 Å². The van der Waals surface area contributed by atoms with Crippen LogP contribution in [0.4, 0.5) is 0 Å². The van der Waals surface area contributed by atoms with Gasteiger partial charge in [-0.3, -0.25) is 4.79 Å². The van der Waals surface area contributed by atoms with Crippen molar-refractivity contribution in [1.82, 2.24) is 0 Å². The molecule has 0 radical (unpaired) electrons. The first-order valence-corrected chi connectivity index (χ1v) is 6.73. The van der Waals surface area contributed by atoms with Gasteiger partial charge in [-0.2, -0.15) is 0 Å². The van der Waals surface area contributed by atoms with Crippen LogP contribution in [0.15, 0.2) is 24.3 Å². The fraction of sp³-hybridized carbons (Fsp3) is 0.500. The number of aliphatic hydroxyl groups is 2. The molecule has 1 rings (SSSR count). The lowest BCUT2D eigenvalue weighted by Gasteiger charge is -2.17. The van der Waals surface area contributed by atoms with Crippen LogP contribution in [0.2, 0.25) is 0 Å². The first-order valence-electron chi connectivity index (χ1n) is 5.91. The van der Waals surface area contributed by atoms with Crippen molar-refractivity contribution in [3.8, 4) is 0 Å². The molecule has 0 fully saturated rings. The minimum absolute atomic E-state index is 0.0127. The van der Waals surface area contributed by atoms with E-state index in [9.17, 15) is 9.90 Å². The SMILES string of the molecule is CC(C)(C)SC(=O)C[C@@H](O)c1ccc(CO)cc1. The monoisotopic (exact) mass is 268 g/mol. The zero-order chi connectivity index (χ0) is 13.8. The highest BCUT2D eigenvalue weighted by atomic mass is 32.2. The minimum atomic E-state index is -0.778. The molecule has 0 saturated carbocycles. The molecule has 0 aliphatic rings. The predicted molar refractivity (Wildman–Crippen MR) is 74.3 cm³/mol. The molecule has 0 bridgehead atoms. The van der Waals surface area contributed by atoms with Gasteiger partial charge in [-0.05, 0) is 11.1 Å². The second-order valence-electron chi connectivity index (χ2n) is 5.21. The Bertz CT molecular complexity index is 392. The molecule has 1 aromatic carbocycles. The second kappa shape index (κ2) is 6.36. The third-order valence-corrected chi connectivity index (χ3v) is 3.33. The summed E-state index contributed by atoms with van der Waals surface area (Å²) in [6, 6.07) is 6.98. The molecule has 100 valence electrons. The quantitative estimate of drug-likeness (QED) is 0.881. The van der Waals surface area contributed by atoms with E-state index in [0.717, 1.165) is 5.56 Å². The average Bonchev–Trinajstić information content (AvgIpc) is 2.26. The zero-order valence-electron chi connectivity index (χ0n) is 11.0. The van der Waals surface area contributed by atoms with Crippen LogP contribution >= 0.6 is 11.8 Å². The topological polar surface area (TPSA) is 57.5 Å². The van der Waals surface area contributed by atoms with Gasteiger partial charge in [0.2, 0.25) is 0 Å². The number of rotatable bonds is 4. The normalized spacial score (nSPS) is 13.4. The highest BCUT2D eigenvalue weighted by Crippen LogP contribution is 2.28. The van der Waals surface area contributed by atoms with Crippen LogP contribution in [-0.4, -0.2) is 20.1 Å². The van der Waals surface area contributed by atoms with E-state index in [2.05, 4.69) is 0 Å². The summed E-state index contributed by atoms with van der Waals surface area (Å²) >= 11 is 1.25. The Morgan fingerprint density at radius 3 is 2.28 bits per heavy atom. The van der Waals surface area contributed by atoms with Gasteiger partial charge in [-0.15, -0.1) is 0 Å². The Kier molecular flexibility index (Phi) is 5.38. The Morgan fingerprint density at radius 1 is 1.28 bits per heavy atom. The number of hydrogen-bond acceptors (Lipinski definition) is 4. The molecule has 1 atom stereocenters. The van der Waals surface area contributed by atoms with E-state index in [4.69, 9.17) is 5.11 Å². The largest absolute Gasteiger partial charge is 0.392 e. The smallest absolute Gasteiger partial charge is 0.192 e.